The van der Waals surface area contributed by atoms with Gasteiger partial charge in [0.25, 0.3) is 0 Å². The molecule has 0 spiro atoms. The van der Waals surface area contributed by atoms with E-state index in [1.165, 1.54) is 5.56 Å². The first kappa shape index (κ1) is 12.7. The summed E-state index contributed by atoms with van der Waals surface area (Å²) in [7, 11) is 0. The Morgan fingerprint density at radius 1 is 1.53 bits per heavy atom. The molecule has 3 N–H and O–H groups in total. The molecule has 1 rings (SSSR count). The van der Waals surface area contributed by atoms with Gasteiger partial charge in [-0.25, -0.2) is 0 Å². The van der Waals surface area contributed by atoms with Crippen molar-refractivity contribution in [2.45, 2.75) is 31.7 Å². The minimum Gasteiger partial charge on any atom is -0.396 e. The number of hydrogen-bond donors (Lipinski definition) is 2. The van der Waals surface area contributed by atoms with Crippen molar-refractivity contribution >= 4 is 15.9 Å². The highest BCUT2D eigenvalue weighted by molar-refractivity contribution is 9.10. The summed E-state index contributed by atoms with van der Waals surface area (Å²) in [6.07, 6.45) is 0.682. The number of aliphatic hydroxyl groups is 1. The van der Waals surface area contributed by atoms with E-state index in [4.69, 9.17) is 10.8 Å². The van der Waals surface area contributed by atoms with Crippen LogP contribution in [0.2, 0.25) is 0 Å². The van der Waals surface area contributed by atoms with Crippen LogP contribution in [0.3, 0.4) is 0 Å². The predicted octanol–water partition coefficient (Wildman–Crippen LogP) is 2.44. The van der Waals surface area contributed by atoms with Crippen LogP contribution in [-0.2, 0) is 5.41 Å². The van der Waals surface area contributed by atoms with Crippen LogP contribution in [0.1, 0.15) is 25.8 Å². The second-order valence-corrected chi connectivity index (χ2v) is 5.11. The third-order valence-corrected chi connectivity index (χ3v) is 3.61. The van der Waals surface area contributed by atoms with Gasteiger partial charge in [0.15, 0.2) is 0 Å². The highest BCUT2D eigenvalue weighted by atomic mass is 79.9. The SMILES string of the molecule is CC(N)C(C)(CCO)c1cccc(Br)c1. The summed E-state index contributed by atoms with van der Waals surface area (Å²) in [4.78, 5) is 0. The summed E-state index contributed by atoms with van der Waals surface area (Å²) >= 11 is 3.45. The molecule has 2 unspecified atom stereocenters. The molecule has 0 aliphatic rings. The van der Waals surface area contributed by atoms with E-state index in [2.05, 4.69) is 35.0 Å². The Kier molecular flexibility index (Phi) is 4.32. The third-order valence-electron chi connectivity index (χ3n) is 3.12. The van der Waals surface area contributed by atoms with Gasteiger partial charge in [0.2, 0.25) is 0 Å². The van der Waals surface area contributed by atoms with Crippen molar-refractivity contribution in [2.75, 3.05) is 6.61 Å². The van der Waals surface area contributed by atoms with E-state index in [-0.39, 0.29) is 18.1 Å². The van der Waals surface area contributed by atoms with Crippen molar-refractivity contribution in [3.8, 4) is 0 Å². The maximum absolute atomic E-state index is 9.11. The molecule has 0 heterocycles. The molecule has 84 valence electrons. The number of halogens is 1. The van der Waals surface area contributed by atoms with Gasteiger partial charge in [0.1, 0.15) is 0 Å². The molecular formula is C12H18BrNO. The smallest absolute Gasteiger partial charge is 0.0440 e. The number of nitrogens with two attached hydrogens (primary N) is 1. The van der Waals surface area contributed by atoms with Crippen LogP contribution < -0.4 is 5.73 Å². The topological polar surface area (TPSA) is 46.2 Å². The second kappa shape index (κ2) is 5.10. The normalized spacial score (nSPS) is 17.1. The molecule has 2 atom stereocenters. The summed E-state index contributed by atoms with van der Waals surface area (Å²) in [6.45, 7) is 4.23. The van der Waals surface area contributed by atoms with E-state index in [0.29, 0.717) is 6.42 Å². The Labute approximate surface area is 99.6 Å². The minimum atomic E-state index is -0.168. The fourth-order valence-corrected chi connectivity index (χ4v) is 2.11. The summed E-state index contributed by atoms with van der Waals surface area (Å²) in [5.41, 5.74) is 7.01. The number of hydrogen-bond acceptors (Lipinski definition) is 2. The largest absolute Gasteiger partial charge is 0.396 e. The summed E-state index contributed by atoms with van der Waals surface area (Å²) in [5, 5.41) is 9.11. The summed E-state index contributed by atoms with van der Waals surface area (Å²) in [5.74, 6) is 0. The fourth-order valence-electron chi connectivity index (χ4n) is 1.71. The Morgan fingerprint density at radius 3 is 2.67 bits per heavy atom. The molecular weight excluding hydrogens is 254 g/mol. The van der Waals surface area contributed by atoms with E-state index in [1.54, 1.807) is 0 Å². The average molecular weight is 272 g/mol. The van der Waals surface area contributed by atoms with Crippen LogP contribution >= 0.6 is 15.9 Å². The zero-order valence-corrected chi connectivity index (χ0v) is 10.8. The zero-order chi connectivity index (χ0) is 11.5. The van der Waals surface area contributed by atoms with Crippen molar-refractivity contribution in [1.29, 1.82) is 0 Å². The molecule has 0 radical (unpaired) electrons. The van der Waals surface area contributed by atoms with Gasteiger partial charge in [-0.1, -0.05) is 35.0 Å². The molecule has 0 saturated carbocycles. The van der Waals surface area contributed by atoms with Gasteiger partial charge in [-0.2, -0.15) is 0 Å². The Balaban J connectivity index is 3.09. The van der Waals surface area contributed by atoms with Gasteiger partial charge in [-0.05, 0) is 31.0 Å². The lowest BCUT2D eigenvalue weighted by atomic mass is 9.74. The molecule has 15 heavy (non-hydrogen) atoms. The van der Waals surface area contributed by atoms with Crippen molar-refractivity contribution in [1.82, 2.24) is 0 Å². The molecule has 0 aliphatic heterocycles. The fraction of sp³-hybridized carbons (Fsp3) is 0.500. The lowest BCUT2D eigenvalue weighted by Gasteiger charge is -2.33. The first-order valence-electron chi connectivity index (χ1n) is 5.13. The highest BCUT2D eigenvalue weighted by Gasteiger charge is 2.30. The first-order valence-corrected chi connectivity index (χ1v) is 5.92. The Hall–Kier alpha value is -0.380. The zero-order valence-electron chi connectivity index (χ0n) is 9.20. The minimum absolute atomic E-state index is 0.0129. The number of benzene rings is 1. The second-order valence-electron chi connectivity index (χ2n) is 4.19. The van der Waals surface area contributed by atoms with E-state index >= 15 is 0 Å². The molecule has 0 aromatic heterocycles. The molecule has 1 aromatic rings. The lowest BCUT2D eigenvalue weighted by molar-refractivity contribution is 0.229. The van der Waals surface area contributed by atoms with E-state index < -0.39 is 0 Å². The van der Waals surface area contributed by atoms with Gasteiger partial charge in [0.05, 0.1) is 0 Å². The summed E-state index contributed by atoms with van der Waals surface area (Å²) in [6, 6.07) is 8.13. The van der Waals surface area contributed by atoms with Crippen LogP contribution in [0, 0.1) is 0 Å². The molecule has 3 heteroatoms. The van der Waals surface area contributed by atoms with Gasteiger partial charge in [-0.15, -0.1) is 0 Å². The molecule has 2 nitrogen and oxygen atoms in total. The lowest BCUT2D eigenvalue weighted by Crippen LogP contribution is -2.41. The van der Waals surface area contributed by atoms with Crippen LogP contribution in [-0.4, -0.2) is 17.8 Å². The van der Waals surface area contributed by atoms with Crippen LogP contribution in [0.4, 0.5) is 0 Å². The van der Waals surface area contributed by atoms with Crippen molar-refractivity contribution < 1.29 is 5.11 Å². The molecule has 1 aromatic carbocycles. The van der Waals surface area contributed by atoms with E-state index in [0.717, 1.165) is 4.47 Å². The van der Waals surface area contributed by atoms with Crippen molar-refractivity contribution in [3.63, 3.8) is 0 Å². The number of rotatable bonds is 4. The standard InChI is InChI=1S/C12H18BrNO/c1-9(14)12(2,6-7-15)10-4-3-5-11(13)8-10/h3-5,8-9,15H,6-7,14H2,1-2H3. The highest BCUT2D eigenvalue weighted by Crippen LogP contribution is 2.31. The molecule has 0 aliphatic carbocycles. The first-order chi connectivity index (χ1) is 7.00. The van der Waals surface area contributed by atoms with Crippen LogP contribution in [0.15, 0.2) is 28.7 Å². The maximum Gasteiger partial charge on any atom is 0.0440 e. The van der Waals surface area contributed by atoms with Gasteiger partial charge >= 0.3 is 0 Å². The monoisotopic (exact) mass is 271 g/mol. The molecule has 0 fully saturated rings. The van der Waals surface area contributed by atoms with Gasteiger partial charge < -0.3 is 10.8 Å². The maximum atomic E-state index is 9.11. The third kappa shape index (κ3) is 2.80. The van der Waals surface area contributed by atoms with E-state index in [9.17, 15) is 0 Å². The Morgan fingerprint density at radius 2 is 2.20 bits per heavy atom. The quantitative estimate of drug-likeness (QED) is 0.884. The summed E-state index contributed by atoms with van der Waals surface area (Å²) < 4.78 is 1.05. The Bertz CT molecular complexity index is 327. The van der Waals surface area contributed by atoms with E-state index in [1.807, 2.05) is 19.1 Å². The van der Waals surface area contributed by atoms with Crippen molar-refractivity contribution in [3.05, 3.63) is 34.3 Å². The molecule has 0 amide bonds. The van der Waals surface area contributed by atoms with Crippen molar-refractivity contribution in [2.24, 2.45) is 5.73 Å². The molecule has 0 bridgehead atoms. The van der Waals surface area contributed by atoms with Gasteiger partial charge in [-0.3, -0.25) is 0 Å². The van der Waals surface area contributed by atoms with Gasteiger partial charge in [0, 0.05) is 22.5 Å². The van der Waals surface area contributed by atoms with Crippen LogP contribution in [0.25, 0.3) is 0 Å². The predicted molar refractivity (Wildman–Crippen MR) is 66.8 cm³/mol. The average Bonchev–Trinajstić information content (AvgIpc) is 2.17. The number of aliphatic hydroxyl groups excluding tert-OH is 1. The van der Waals surface area contributed by atoms with Crippen LogP contribution in [0.5, 0.6) is 0 Å². The molecule has 0 saturated heterocycles.